The fourth-order valence-electron chi connectivity index (χ4n) is 2.60. The average molecular weight is 217 g/mol. The third-order valence-corrected chi connectivity index (χ3v) is 3.45. The van der Waals surface area contributed by atoms with Crippen LogP contribution in [0.2, 0.25) is 0 Å². The van der Waals surface area contributed by atoms with E-state index in [0.717, 1.165) is 0 Å². The highest BCUT2D eigenvalue weighted by molar-refractivity contribution is 5.35. The summed E-state index contributed by atoms with van der Waals surface area (Å²) in [7, 11) is 0. The van der Waals surface area contributed by atoms with Crippen LogP contribution in [0.4, 0.5) is 0 Å². The van der Waals surface area contributed by atoms with Crippen molar-refractivity contribution < 1.29 is 0 Å². The average Bonchev–Trinajstić information content (AvgIpc) is 2.29. The quantitative estimate of drug-likeness (QED) is 0.754. The maximum atomic E-state index is 3.65. The van der Waals surface area contributed by atoms with Gasteiger partial charge in [0.2, 0.25) is 0 Å². The van der Waals surface area contributed by atoms with E-state index in [1.54, 1.807) is 0 Å². The minimum Gasteiger partial charge on any atom is -0.310 e. The van der Waals surface area contributed by atoms with E-state index >= 15 is 0 Å². The molecule has 1 nitrogen and oxygen atoms in total. The van der Waals surface area contributed by atoms with Gasteiger partial charge in [0.1, 0.15) is 0 Å². The molecule has 1 heterocycles. The van der Waals surface area contributed by atoms with Crippen molar-refractivity contribution in [3.05, 3.63) is 35.4 Å². The Balaban J connectivity index is 2.32. The van der Waals surface area contributed by atoms with E-state index < -0.39 is 0 Å². The van der Waals surface area contributed by atoms with Crippen LogP contribution in [0, 0.1) is 0 Å². The van der Waals surface area contributed by atoms with Crippen LogP contribution in [0.25, 0.3) is 0 Å². The molecule has 1 unspecified atom stereocenters. The zero-order valence-electron chi connectivity index (χ0n) is 10.7. The van der Waals surface area contributed by atoms with Gasteiger partial charge in [-0.15, -0.1) is 0 Å². The largest absolute Gasteiger partial charge is 0.310 e. The van der Waals surface area contributed by atoms with Crippen LogP contribution < -0.4 is 5.32 Å². The molecule has 0 bridgehead atoms. The highest BCUT2D eigenvalue weighted by atomic mass is 14.9. The summed E-state index contributed by atoms with van der Waals surface area (Å²) in [6, 6.07) is 9.48. The molecule has 1 atom stereocenters. The number of nitrogens with one attached hydrogen (secondary N) is 1. The second-order valence-electron chi connectivity index (χ2n) is 5.84. The van der Waals surface area contributed by atoms with E-state index in [1.165, 1.54) is 36.9 Å². The molecule has 1 aromatic carbocycles. The molecule has 0 saturated carbocycles. The lowest BCUT2D eigenvalue weighted by molar-refractivity contribution is 0.405. The van der Waals surface area contributed by atoms with Crippen molar-refractivity contribution in [3.8, 4) is 0 Å². The van der Waals surface area contributed by atoms with Crippen molar-refractivity contribution in [2.45, 2.75) is 51.5 Å². The van der Waals surface area contributed by atoms with Gasteiger partial charge in [0.05, 0.1) is 0 Å². The Bertz CT molecular complexity index is 343. The molecule has 1 fully saturated rings. The molecule has 0 spiro atoms. The van der Waals surface area contributed by atoms with Crippen molar-refractivity contribution in [2.24, 2.45) is 0 Å². The molecule has 88 valence electrons. The van der Waals surface area contributed by atoms with E-state index in [2.05, 4.69) is 50.4 Å². The SMILES string of the molecule is CC(C)(C)c1ccccc1C1CCCCN1. The molecule has 1 aliphatic rings. The summed E-state index contributed by atoms with van der Waals surface area (Å²) in [5, 5.41) is 3.65. The highest BCUT2D eigenvalue weighted by Crippen LogP contribution is 2.32. The third-order valence-electron chi connectivity index (χ3n) is 3.45. The van der Waals surface area contributed by atoms with Crippen LogP contribution in [0.3, 0.4) is 0 Å². The summed E-state index contributed by atoms with van der Waals surface area (Å²) < 4.78 is 0. The van der Waals surface area contributed by atoms with Crippen molar-refractivity contribution in [1.29, 1.82) is 0 Å². The topological polar surface area (TPSA) is 12.0 Å². The molecule has 16 heavy (non-hydrogen) atoms. The van der Waals surface area contributed by atoms with E-state index in [0.29, 0.717) is 6.04 Å². The van der Waals surface area contributed by atoms with Crippen LogP contribution in [0.1, 0.15) is 57.2 Å². The summed E-state index contributed by atoms with van der Waals surface area (Å²) in [6.45, 7) is 8.07. The predicted molar refractivity (Wildman–Crippen MR) is 69.7 cm³/mol. The fraction of sp³-hybridized carbons (Fsp3) is 0.600. The molecule has 1 aliphatic heterocycles. The first-order valence-corrected chi connectivity index (χ1v) is 6.42. The lowest BCUT2D eigenvalue weighted by Crippen LogP contribution is -2.29. The first-order valence-electron chi connectivity index (χ1n) is 6.42. The third kappa shape index (κ3) is 2.46. The maximum Gasteiger partial charge on any atom is 0.0323 e. The molecular formula is C15H23N. The van der Waals surface area contributed by atoms with Gasteiger partial charge < -0.3 is 5.32 Å². The fourth-order valence-corrected chi connectivity index (χ4v) is 2.60. The zero-order chi connectivity index (χ0) is 11.6. The Morgan fingerprint density at radius 2 is 1.88 bits per heavy atom. The Labute approximate surface area is 99.3 Å². The summed E-state index contributed by atoms with van der Waals surface area (Å²) in [6.07, 6.45) is 3.97. The van der Waals surface area contributed by atoms with Crippen molar-refractivity contribution >= 4 is 0 Å². The first-order chi connectivity index (χ1) is 7.59. The van der Waals surface area contributed by atoms with Crippen molar-refractivity contribution in [2.75, 3.05) is 6.54 Å². The monoisotopic (exact) mass is 217 g/mol. The summed E-state index contributed by atoms with van der Waals surface area (Å²) in [4.78, 5) is 0. The van der Waals surface area contributed by atoms with Gasteiger partial charge in [-0.3, -0.25) is 0 Å². The molecule has 2 rings (SSSR count). The molecule has 0 radical (unpaired) electrons. The molecule has 0 aliphatic carbocycles. The molecular weight excluding hydrogens is 194 g/mol. The molecule has 0 amide bonds. The van der Waals surface area contributed by atoms with Gasteiger partial charge in [-0.25, -0.2) is 0 Å². The summed E-state index contributed by atoms with van der Waals surface area (Å²) in [5.74, 6) is 0. The van der Waals surface area contributed by atoms with Crippen LogP contribution >= 0.6 is 0 Å². The lowest BCUT2D eigenvalue weighted by Gasteiger charge is -2.30. The first kappa shape index (κ1) is 11.7. The number of hydrogen-bond acceptors (Lipinski definition) is 1. The minimum absolute atomic E-state index is 0.246. The molecule has 1 saturated heterocycles. The van der Waals surface area contributed by atoms with E-state index in [4.69, 9.17) is 0 Å². The lowest BCUT2D eigenvalue weighted by atomic mass is 9.80. The number of benzene rings is 1. The molecule has 1 N–H and O–H groups in total. The van der Waals surface area contributed by atoms with Gasteiger partial charge in [-0.05, 0) is 35.9 Å². The van der Waals surface area contributed by atoms with Gasteiger partial charge >= 0.3 is 0 Å². The Morgan fingerprint density at radius 1 is 1.12 bits per heavy atom. The van der Waals surface area contributed by atoms with Gasteiger partial charge in [0, 0.05) is 6.04 Å². The van der Waals surface area contributed by atoms with Crippen molar-refractivity contribution in [1.82, 2.24) is 5.32 Å². The Kier molecular flexibility index (Phi) is 3.34. The number of hydrogen-bond donors (Lipinski definition) is 1. The zero-order valence-corrected chi connectivity index (χ0v) is 10.7. The van der Waals surface area contributed by atoms with Crippen LogP contribution in [0.15, 0.2) is 24.3 Å². The number of piperidine rings is 1. The Hall–Kier alpha value is -0.820. The standard InChI is InChI=1S/C15H23N/c1-15(2,3)13-9-5-4-8-12(13)14-10-6-7-11-16-14/h4-5,8-9,14,16H,6-7,10-11H2,1-3H3. The smallest absolute Gasteiger partial charge is 0.0323 e. The van der Waals surface area contributed by atoms with E-state index in [1.807, 2.05) is 0 Å². The highest BCUT2D eigenvalue weighted by Gasteiger charge is 2.23. The molecule has 1 heteroatoms. The van der Waals surface area contributed by atoms with E-state index in [-0.39, 0.29) is 5.41 Å². The molecule has 1 aromatic rings. The van der Waals surface area contributed by atoms with Gasteiger partial charge in [0.25, 0.3) is 0 Å². The van der Waals surface area contributed by atoms with E-state index in [9.17, 15) is 0 Å². The van der Waals surface area contributed by atoms with Gasteiger partial charge in [-0.2, -0.15) is 0 Å². The minimum atomic E-state index is 0.246. The predicted octanol–water partition coefficient (Wildman–Crippen LogP) is 3.80. The van der Waals surface area contributed by atoms with Crippen molar-refractivity contribution in [3.63, 3.8) is 0 Å². The summed E-state index contributed by atoms with van der Waals surface area (Å²) >= 11 is 0. The second kappa shape index (κ2) is 4.58. The van der Waals surface area contributed by atoms with Crippen LogP contribution in [-0.4, -0.2) is 6.54 Å². The van der Waals surface area contributed by atoms with Crippen LogP contribution in [-0.2, 0) is 5.41 Å². The second-order valence-corrected chi connectivity index (χ2v) is 5.84. The summed E-state index contributed by atoms with van der Waals surface area (Å²) in [5.41, 5.74) is 3.25. The normalized spacial score (nSPS) is 22.1. The van der Waals surface area contributed by atoms with Crippen LogP contribution in [0.5, 0.6) is 0 Å². The van der Waals surface area contributed by atoms with Gasteiger partial charge in [0.15, 0.2) is 0 Å². The number of rotatable bonds is 1. The van der Waals surface area contributed by atoms with Gasteiger partial charge in [-0.1, -0.05) is 51.5 Å². The Morgan fingerprint density at radius 3 is 2.50 bits per heavy atom. The maximum absolute atomic E-state index is 3.65. The molecule has 0 aromatic heterocycles.